The third-order valence-corrected chi connectivity index (χ3v) is 4.78. The monoisotopic (exact) mass is 353 g/mol. The molecule has 0 saturated heterocycles. The summed E-state index contributed by atoms with van der Waals surface area (Å²) in [7, 11) is 0. The van der Waals surface area contributed by atoms with Gasteiger partial charge in [-0.25, -0.2) is 0 Å². The van der Waals surface area contributed by atoms with Gasteiger partial charge in [-0.05, 0) is 81.0 Å². The summed E-state index contributed by atoms with van der Waals surface area (Å²) in [6.45, 7) is 7.03. The van der Waals surface area contributed by atoms with Crippen LogP contribution >= 0.6 is 0 Å². The van der Waals surface area contributed by atoms with Crippen LogP contribution in [0.4, 0.5) is 0 Å². The van der Waals surface area contributed by atoms with Gasteiger partial charge in [0.25, 0.3) is 5.91 Å². The van der Waals surface area contributed by atoms with Crippen molar-refractivity contribution in [2.75, 3.05) is 13.2 Å². The van der Waals surface area contributed by atoms with Gasteiger partial charge in [-0.3, -0.25) is 4.79 Å². The minimum absolute atomic E-state index is 0.0426. The van der Waals surface area contributed by atoms with Crippen LogP contribution in [0.15, 0.2) is 36.4 Å². The Balaban J connectivity index is 1.73. The van der Waals surface area contributed by atoms with E-state index in [0.717, 1.165) is 29.7 Å². The molecule has 0 fully saturated rings. The van der Waals surface area contributed by atoms with Crippen molar-refractivity contribution in [3.05, 3.63) is 58.7 Å². The van der Waals surface area contributed by atoms with Crippen LogP contribution in [-0.4, -0.2) is 19.1 Å². The fourth-order valence-electron chi connectivity index (χ4n) is 3.41. The number of amides is 1. The van der Waals surface area contributed by atoms with Crippen molar-refractivity contribution in [1.82, 2.24) is 5.32 Å². The van der Waals surface area contributed by atoms with E-state index in [-0.39, 0.29) is 11.9 Å². The summed E-state index contributed by atoms with van der Waals surface area (Å²) in [6, 6.07) is 11.8. The van der Waals surface area contributed by atoms with Crippen LogP contribution in [0.5, 0.6) is 11.5 Å². The van der Waals surface area contributed by atoms with Crippen molar-refractivity contribution < 1.29 is 14.3 Å². The average molecular weight is 353 g/mol. The summed E-state index contributed by atoms with van der Waals surface area (Å²) in [4.78, 5) is 12.6. The van der Waals surface area contributed by atoms with E-state index in [2.05, 4.69) is 11.4 Å². The summed E-state index contributed by atoms with van der Waals surface area (Å²) in [5.74, 6) is 1.40. The number of rotatable bonds is 7. The molecule has 1 amide bonds. The van der Waals surface area contributed by atoms with Crippen molar-refractivity contribution in [3.63, 3.8) is 0 Å². The number of carbonyl (C=O) groups excluding carboxylic acids is 1. The summed E-state index contributed by atoms with van der Waals surface area (Å²) in [6.07, 6.45) is 3.38. The maximum Gasteiger partial charge on any atom is 0.251 e. The van der Waals surface area contributed by atoms with Crippen molar-refractivity contribution >= 4 is 5.91 Å². The first-order valence-corrected chi connectivity index (χ1v) is 9.44. The van der Waals surface area contributed by atoms with Crippen molar-refractivity contribution in [3.8, 4) is 11.5 Å². The Bertz CT molecular complexity index is 785. The zero-order valence-corrected chi connectivity index (χ0v) is 15.8. The number of hydrogen-bond donors (Lipinski definition) is 1. The Kier molecular flexibility index (Phi) is 5.82. The number of benzene rings is 2. The number of ether oxygens (including phenoxy) is 2. The SMILES string of the molecule is CCOc1ccc([C@@H](C)NC(=O)c2ccc3c(c2)CCC3)cc1OCC. The lowest BCUT2D eigenvalue weighted by atomic mass is 10.0. The lowest BCUT2D eigenvalue weighted by molar-refractivity contribution is 0.0939. The summed E-state index contributed by atoms with van der Waals surface area (Å²) in [5.41, 5.74) is 4.41. The third-order valence-electron chi connectivity index (χ3n) is 4.78. The average Bonchev–Trinajstić information content (AvgIpc) is 3.11. The van der Waals surface area contributed by atoms with Crippen LogP contribution < -0.4 is 14.8 Å². The normalized spacial score (nSPS) is 13.8. The maximum atomic E-state index is 12.6. The van der Waals surface area contributed by atoms with Crippen molar-refractivity contribution in [2.45, 2.75) is 46.1 Å². The van der Waals surface area contributed by atoms with Gasteiger partial charge in [0.15, 0.2) is 11.5 Å². The molecular weight excluding hydrogens is 326 g/mol. The van der Waals surface area contributed by atoms with Crippen molar-refractivity contribution in [1.29, 1.82) is 0 Å². The molecular formula is C22H27NO3. The first kappa shape index (κ1) is 18.3. The molecule has 2 aromatic carbocycles. The molecule has 138 valence electrons. The van der Waals surface area contributed by atoms with Gasteiger partial charge in [0.05, 0.1) is 19.3 Å². The van der Waals surface area contributed by atoms with Gasteiger partial charge < -0.3 is 14.8 Å². The number of carbonyl (C=O) groups is 1. The van der Waals surface area contributed by atoms with Gasteiger partial charge in [-0.15, -0.1) is 0 Å². The molecule has 0 saturated carbocycles. The van der Waals surface area contributed by atoms with E-state index < -0.39 is 0 Å². The molecule has 1 aliphatic carbocycles. The smallest absolute Gasteiger partial charge is 0.251 e. The van der Waals surface area contributed by atoms with E-state index in [9.17, 15) is 4.79 Å². The van der Waals surface area contributed by atoms with Crippen LogP contribution in [0.25, 0.3) is 0 Å². The highest BCUT2D eigenvalue weighted by Gasteiger charge is 2.17. The van der Waals surface area contributed by atoms with Crippen LogP contribution in [0.1, 0.15) is 60.3 Å². The van der Waals surface area contributed by atoms with Gasteiger partial charge in [-0.2, -0.15) is 0 Å². The van der Waals surface area contributed by atoms with Gasteiger partial charge >= 0.3 is 0 Å². The molecule has 2 aromatic rings. The zero-order valence-electron chi connectivity index (χ0n) is 15.8. The van der Waals surface area contributed by atoms with Crippen molar-refractivity contribution in [2.24, 2.45) is 0 Å². The Morgan fingerprint density at radius 3 is 2.50 bits per heavy atom. The highest BCUT2D eigenvalue weighted by atomic mass is 16.5. The molecule has 1 aliphatic rings. The summed E-state index contributed by atoms with van der Waals surface area (Å²) < 4.78 is 11.3. The highest BCUT2D eigenvalue weighted by Crippen LogP contribution is 2.31. The van der Waals surface area contributed by atoms with Gasteiger partial charge in [0.2, 0.25) is 0 Å². The van der Waals surface area contributed by atoms with Gasteiger partial charge in [-0.1, -0.05) is 12.1 Å². The predicted molar refractivity (Wildman–Crippen MR) is 103 cm³/mol. The molecule has 0 aromatic heterocycles. The van der Waals surface area contributed by atoms with Crippen LogP contribution in [0.2, 0.25) is 0 Å². The topological polar surface area (TPSA) is 47.6 Å². The minimum Gasteiger partial charge on any atom is -0.490 e. The molecule has 1 N–H and O–H groups in total. The second-order valence-corrected chi connectivity index (χ2v) is 6.60. The third kappa shape index (κ3) is 4.01. The molecule has 0 spiro atoms. The fourth-order valence-corrected chi connectivity index (χ4v) is 3.41. The van der Waals surface area contributed by atoms with E-state index in [4.69, 9.17) is 9.47 Å². The quantitative estimate of drug-likeness (QED) is 0.799. The Labute approximate surface area is 155 Å². The zero-order chi connectivity index (χ0) is 18.5. The number of aryl methyl sites for hydroxylation is 2. The van der Waals surface area contributed by atoms with Crippen LogP contribution in [0, 0.1) is 0 Å². The molecule has 3 rings (SSSR count). The molecule has 4 heteroatoms. The first-order valence-electron chi connectivity index (χ1n) is 9.44. The minimum atomic E-state index is -0.120. The van der Waals surface area contributed by atoms with E-state index in [0.29, 0.717) is 19.0 Å². The molecule has 4 nitrogen and oxygen atoms in total. The van der Waals surface area contributed by atoms with E-state index in [1.165, 1.54) is 17.5 Å². The van der Waals surface area contributed by atoms with Gasteiger partial charge in [0, 0.05) is 5.56 Å². The van der Waals surface area contributed by atoms with Crippen LogP contribution in [0.3, 0.4) is 0 Å². The van der Waals surface area contributed by atoms with Crippen LogP contribution in [-0.2, 0) is 12.8 Å². The molecule has 0 unspecified atom stereocenters. The number of hydrogen-bond acceptors (Lipinski definition) is 3. The molecule has 0 aliphatic heterocycles. The molecule has 1 atom stereocenters. The summed E-state index contributed by atoms with van der Waals surface area (Å²) >= 11 is 0. The molecule has 0 radical (unpaired) electrons. The predicted octanol–water partition coefficient (Wildman–Crippen LogP) is 4.46. The summed E-state index contributed by atoms with van der Waals surface area (Å²) in [5, 5.41) is 3.09. The standard InChI is InChI=1S/C22H27NO3/c1-4-25-20-12-11-17(14-21(20)26-5-2)15(3)23-22(24)19-10-9-16-7-6-8-18(16)13-19/h9-15H,4-8H2,1-3H3,(H,23,24)/t15-/m1/s1. The lowest BCUT2D eigenvalue weighted by Crippen LogP contribution is -2.26. The van der Waals surface area contributed by atoms with E-state index >= 15 is 0 Å². The number of fused-ring (bicyclic) bond motifs is 1. The highest BCUT2D eigenvalue weighted by molar-refractivity contribution is 5.94. The second-order valence-electron chi connectivity index (χ2n) is 6.60. The largest absolute Gasteiger partial charge is 0.490 e. The lowest BCUT2D eigenvalue weighted by Gasteiger charge is -2.18. The molecule has 0 heterocycles. The Morgan fingerprint density at radius 1 is 1.00 bits per heavy atom. The first-order chi connectivity index (χ1) is 12.6. The Morgan fingerprint density at radius 2 is 1.73 bits per heavy atom. The molecule has 0 bridgehead atoms. The van der Waals surface area contributed by atoms with E-state index in [1.807, 2.05) is 51.1 Å². The second kappa shape index (κ2) is 8.26. The fraction of sp³-hybridized carbons (Fsp3) is 0.409. The number of nitrogens with one attached hydrogen (secondary N) is 1. The van der Waals surface area contributed by atoms with Gasteiger partial charge in [0.1, 0.15) is 0 Å². The molecule has 26 heavy (non-hydrogen) atoms. The van der Waals surface area contributed by atoms with E-state index in [1.54, 1.807) is 0 Å². The Hall–Kier alpha value is -2.49. The maximum absolute atomic E-state index is 12.6.